The van der Waals surface area contributed by atoms with Crippen LogP contribution in [0.3, 0.4) is 0 Å². The first-order valence-electron chi connectivity index (χ1n) is 18.5. The average molecular weight is 462 g/mol. The second-order valence-corrected chi connectivity index (χ2v) is 7.33. The van der Waals surface area contributed by atoms with Crippen molar-refractivity contribution in [1.82, 2.24) is 4.57 Å². The van der Waals surface area contributed by atoms with E-state index in [0.717, 1.165) is 4.57 Å². The number of hydrogen-bond donors (Lipinski definition) is 0. The van der Waals surface area contributed by atoms with Gasteiger partial charge in [0.15, 0.2) is 5.58 Å². The van der Waals surface area contributed by atoms with E-state index in [-0.39, 0.29) is 10.8 Å². The lowest BCUT2D eigenvalue weighted by molar-refractivity contribution is 0.666. The first-order valence-corrected chi connectivity index (χ1v) is 9.90. The summed E-state index contributed by atoms with van der Waals surface area (Å²) in [5.74, 6) is 0. The Balaban J connectivity index is 1.82. The van der Waals surface area contributed by atoms with Crippen molar-refractivity contribution in [1.29, 1.82) is 0 Å². The van der Waals surface area contributed by atoms with Gasteiger partial charge in [0.2, 0.25) is 0 Å². The molecule has 0 aliphatic carbocycles. The summed E-state index contributed by atoms with van der Waals surface area (Å²) in [6, 6.07) is -13.2. The van der Waals surface area contributed by atoms with Crippen LogP contribution in [0.25, 0.3) is 60.6 Å². The first kappa shape index (κ1) is 8.09. The van der Waals surface area contributed by atoms with Crippen LogP contribution in [-0.2, 0) is 0 Å². The number of nitrogens with zero attached hydrogens (tertiary/aromatic N) is 1. The van der Waals surface area contributed by atoms with E-state index in [1.807, 2.05) is 0 Å². The minimum atomic E-state index is -0.839. The molecule has 0 saturated heterocycles. The van der Waals surface area contributed by atoms with Crippen LogP contribution in [-0.4, -0.2) is 4.57 Å². The van der Waals surface area contributed by atoms with Gasteiger partial charge in [-0.1, -0.05) is 78.1 Å². The van der Waals surface area contributed by atoms with Gasteiger partial charge in [-0.2, -0.15) is 0 Å². The summed E-state index contributed by atoms with van der Waals surface area (Å²) in [7, 11) is 0. The molecular formula is C30H18ClNO. The largest absolute Gasteiger partial charge is 0.454 e. The Kier molecular flexibility index (Phi) is 1.71. The van der Waals surface area contributed by atoms with Crippen molar-refractivity contribution in [2.75, 3.05) is 0 Å². The van der Waals surface area contributed by atoms with Crippen molar-refractivity contribution >= 4 is 55.3 Å². The third-order valence-electron chi connectivity index (χ3n) is 5.14. The molecule has 156 valence electrons. The summed E-state index contributed by atoms with van der Waals surface area (Å²) >= 11 is 6.14. The van der Waals surface area contributed by atoms with Gasteiger partial charge in [-0.3, -0.25) is 0 Å². The number of para-hydroxylation sites is 2. The molecule has 5 aromatic carbocycles. The number of furan rings is 1. The zero-order valence-corrected chi connectivity index (χ0v) is 17.0. The summed E-state index contributed by atoms with van der Waals surface area (Å²) in [6.45, 7) is 0. The number of aromatic nitrogens is 1. The number of halogens is 1. The van der Waals surface area contributed by atoms with E-state index in [4.69, 9.17) is 38.0 Å². The average Bonchev–Trinajstić information content (AvgIpc) is 3.67. The molecule has 0 saturated carbocycles. The Labute approximate surface area is 220 Å². The molecule has 33 heavy (non-hydrogen) atoms. The second-order valence-electron chi connectivity index (χ2n) is 6.96. The van der Waals surface area contributed by atoms with Crippen LogP contribution in [0.4, 0.5) is 0 Å². The van der Waals surface area contributed by atoms with Gasteiger partial charge in [0.1, 0.15) is 5.58 Å². The highest BCUT2D eigenvalue weighted by Gasteiger charge is 2.17. The molecule has 0 bridgehead atoms. The molecule has 0 atom stereocenters. The fourth-order valence-electron chi connectivity index (χ4n) is 3.78. The van der Waals surface area contributed by atoms with E-state index in [1.165, 1.54) is 0 Å². The van der Waals surface area contributed by atoms with Crippen molar-refractivity contribution in [2.24, 2.45) is 0 Å². The predicted molar refractivity (Wildman–Crippen MR) is 139 cm³/mol. The lowest BCUT2D eigenvalue weighted by Crippen LogP contribution is -1.94. The maximum atomic E-state index is 9.31. The van der Waals surface area contributed by atoms with Crippen molar-refractivity contribution < 1.29 is 29.1 Å². The topological polar surface area (TPSA) is 18.1 Å². The molecule has 0 radical (unpaired) electrons. The maximum absolute atomic E-state index is 9.31. The van der Waals surface area contributed by atoms with E-state index in [1.54, 1.807) is 0 Å². The number of fused-ring (bicyclic) bond motifs is 6. The van der Waals surface area contributed by atoms with Crippen LogP contribution in [0.1, 0.15) is 24.7 Å². The molecular weight excluding hydrogens is 426 g/mol. The molecule has 0 aliphatic rings. The quantitative estimate of drug-likeness (QED) is 0.251. The molecule has 7 aromatic rings. The molecule has 0 unspecified atom stereocenters. The normalized spacial score (nSPS) is 19.4. The molecule has 7 rings (SSSR count). The highest BCUT2D eigenvalue weighted by atomic mass is 35.5. The molecule has 3 heteroatoms. The van der Waals surface area contributed by atoms with Crippen molar-refractivity contribution in [3.8, 4) is 16.8 Å². The molecule has 2 nitrogen and oxygen atoms in total. The standard InChI is InChI=1S/C30H18ClNO/c31-21-14-15-23-24-10-6-12-28(30(24)33-29(23)18-21)32-26-11-5-4-9-22(26)25-17-20(13-16-27(25)32)19-7-2-1-3-8-19/h1-18H/i1D,2D,3D,4D,5D,6D,7D,8D,9D,10D,11D,12D,13D,14D,15D,16D,17D,18D. The second kappa shape index (κ2) is 6.99. The predicted octanol–water partition coefficient (Wildman–Crippen LogP) is 9.00. The number of rotatable bonds is 2. The summed E-state index contributed by atoms with van der Waals surface area (Å²) in [5, 5.41) is -1.89. The van der Waals surface area contributed by atoms with Crippen LogP contribution in [0.2, 0.25) is 5.02 Å². The van der Waals surface area contributed by atoms with Gasteiger partial charge in [0.05, 0.1) is 41.4 Å². The van der Waals surface area contributed by atoms with Gasteiger partial charge in [0, 0.05) is 32.6 Å². The molecule has 2 aromatic heterocycles. The smallest absolute Gasteiger partial charge is 0.159 e. The fraction of sp³-hybridized carbons (Fsp3) is 0. The lowest BCUT2D eigenvalue weighted by atomic mass is 10.0. The summed E-state index contributed by atoms with van der Waals surface area (Å²) < 4.78 is 162. The Morgan fingerprint density at radius 3 is 2.30 bits per heavy atom. The fourth-order valence-corrected chi connectivity index (χ4v) is 3.91. The first-order chi connectivity index (χ1) is 23.8. The van der Waals surface area contributed by atoms with Gasteiger partial charge in [-0.05, 0) is 47.4 Å². The van der Waals surface area contributed by atoms with Crippen LogP contribution in [0.5, 0.6) is 0 Å². The van der Waals surface area contributed by atoms with E-state index in [2.05, 4.69) is 0 Å². The molecule has 2 heterocycles. The molecule has 0 fully saturated rings. The Morgan fingerprint density at radius 2 is 1.39 bits per heavy atom. The third-order valence-corrected chi connectivity index (χ3v) is 5.33. The van der Waals surface area contributed by atoms with Crippen LogP contribution >= 0.6 is 11.6 Å². The monoisotopic (exact) mass is 461 g/mol. The van der Waals surface area contributed by atoms with Crippen molar-refractivity contribution in [2.45, 2.75) is 0 Å². The highest BCUT2D eigenvalue weighted by molar-refractivity contribution is 6.31. The van der Waals surface area contributed by atoms with Crippen LogP contribution < -0.4 is 0 Å². The SMILES string of the molecule is [2H]c1c([2H])c([2H])c(-c2c([2H])c([2H])c3c(c2[2H])c2c([2H])c([2H])c([2H])c([2H])c2n3-c2c([2H])c([2H])c([2H])c3c2oc2c([2H])c(Cl)c([2H])c([2H])c23)c([2H])c1[2H]. The summed E-state index contributed by atoms with van der Waals surface area (Å²) in [4.78, 5) is 0. The Morgan fingerprint density at radius 1 is 0.606 bits per heavy atom. The van der Waals surface area contributed by atoms with Gasteiger partial charge in [-0.25, -0.2) is 0 Å². The maximum Gasteiger partial charge on any atom is 0.159 e. The summed E-state index contributed by atoms with van der Waals surface area (Å²) in [6.07, 6.45) is 0. The highest BCUT2D eigenvalue weighted by Crippen LogP contribution is 2.39. The Hall–Kier alpha value is -4.01. The Bertz CT molecular complexity index is 2780. The number of benzene rings is 5. The zero-order valence-electron chi connectivity index (χ0n) is 34.2. The number of hydrogen-bond acceptors (Lipinski definition) is 1. The van der Waals surface area contributed by atoms with E-state index in [9.17, 15) is 2.74 Å². The van der Waals surface area contributed by atoms with Gasteiger partial charge in [-0.15, -0.1) is 0 Å². The molecule has 0 amide bonds. The zero-order chi connectivity index (χ0) is 37.6. The van der Waals surface area contributed by atoms with Gasteiger partial charge >= 0.3 is 0 Å². The molecule has 0 spiro atoms. The van der Waals surface area contributed by atoms with Crippen molar-refractivity contribution in [3.63, 3.8) is 0 Å². The lowest BCUT2D eigenvalue weighted by Gasteiger charge is -2.09. The minimum Gasteiger partial charge on any atom is -0.454 e. The van der Waals surface area contributed by atoms with E-state index >= 15 is 0 Å². The summed E-state index contributed by atoms with van der Waals surface area (Å²) in [5.41, 5.74) is -3.51. The van der Waals surface area contributed by atoms with Crippen LogP contribution in [0.15, 0.2) is 113 Å². The van der Waals surface area contributed by atoms with Crippen LogP contribution in [0, 0.1) is 0 Å². The molecule has 0 N–H and O–H groups in total. The van der Waals surface area contributed by atoms with E-state index < -0.39 is 164 Å². The van der Waals surface area contributed by atoms with Crippen molar-refractivity contribution in [3.05, 3.63) is 114 Å². The van der Waals surface area contributed by atoms with E-state index in [0.29, 0.717) is 0 Å². The molecule has 0 aliphatic heterocycles. The minimum absolute atomic E-state index is 0.274. The van der Waals surface area contributed by atoms with Gasteiger partial charge < -0.3 is 8.98 Å². The van der Waals surface area contributed by atoms with Gasteiger partial charge in [0.25, 0.3) is 0 Å². The third kappa shape index (κ3) is 2.75.